The zero-order valence-electron chi connectivity index (χ0n) is 3.44. The highest BCUT2D eigenvalue weighted by molar-refractivity contribution is 8.69. The summed E-state index contributed by atoms with van der Waals surface area (Å²) in [6.45, 7) is 0. The van der Waals surface area contributed by atoms with Crippen LogP contribution >= 0.6 is 11.0 Å². The smallest absolute Gasteiger partial charge is 0.276 e. The Labute approximate surface area is 49.1 Å². The van der Waals surface area contributed by atoms with Crippen molar-refractivity contribution in [3.63, 3.8) is 0 Å². The molecule has 0 heterocycles. The maximum absolute atomic E-state index is 9.64. The van der Waals surface area contributed by atoms with Crippen LogP contribution in [0.15, 0.2) is 4.40 Å². The second-order valence-corrected chi connectivity index (χ2v) is 3.58. The first-order valence-corrected chi connectivity index (χ1v) is 4.02. The molecule has 0 saturated carbocycles. The van der Waals surface area contributed by atoms with Gasteiger partial charge >= 0.3 is 9.15 Å². The Morgan fingerprint density at radius 1 is 1.62 bits per heavy atom. The van der Waals surface area contributed by atoms with Crippen molar-refractivity contribution in [3.8, 4) is 0 Å². The summed E-state index contributed by atoms with van der Waals surface area (Å²) in [6, 6.07) is 0. The van der Waals surface area contributed by atoms with Gasteiger partial charge in [0, 0.05) is 0 Å². The maximum atomic E-state index is 9.64. The summed E-state index contributed by atoms with van der Waals surface area (Å²) in [4.78, 5) is 9.16. The predicted octanol–water partition coefficient (Wildman–Crippen LogP) is -0.227. The van der Waals surface area contributed by atoms with E-state index < -0.39 is 9.15 Å². The van der Waals surface area contributed by atoms with Gasteiger partial charge in [-0.15, -0.1) is 4.40 Å². The molecule has 0 aliphatic rings. The molecule has 0 unspecified atom stereocenters. The standard InChI is InChI=1S/CHNO4S2/c3-1-2-7-8(4,5)6/h(H,4,5,6). The fourth-order valence-electron chi connectivity index (χ4n) is 0.0623. The van der Waals surface area contributed by atoms with Crippen LogP contribution in [0.5, 0.6) is 0 Å². The molecule has 0 rings (SSSR count). The molecule has 0 atom stereocenters. The van der Waals surface area contributed by atoms with Crippen LogP contribution in [0.2, 0.25) is 0 Å². The number of nitrogens with zero attached hydrogens (tertiary/aromatic N) is 1. The van der Waals surface area contributed by atoms with Crippen LogP contribution in [-0.4, -0.2) is 19.1 Å². The topological polar surface area (TPSA) is 83.8 Å². The average Bonchev–Trinajstić information content (AvgIpc) is 1.59. The van der Waals surface area contributed by atoms with Crippen molar-refractivity contribution >= 4 is 26.2 Å². The van der Waals surface area contributed by atoms with E-state index in [1.165, 1.54) is 0 Å². The van der Waals surface area contributed by atoms with Crippen molar-refractivity contribution < 1.29 is 17.8 Å². The molecular formula is CHNO4S2. The molecule has 5 nitrogen and oxygen atoms in total. The third kappa shape index (κ3) is 5.64. The second-order valence-electron chi connectivity index (χ2n) is 0.685. The predicted molar refractivity (Wildman–Crippen MR) is 27.3 cm³/mol. The van der Waals surface area contributed by atoms with E-state index >= 15 is 0 Å². The maximum Gasteiger partial charge on any atom is 0.342 e. The fourth-order valence-corrected chi connectivity index (χ4v) is 0.561. The molecule has 0 radical (unpaired) electrons. The minimum atomic E-state index is -4.20. The zero-order valence-corrected chi connectivity index (χ0v) is 5.07. The first kappa shape index (κ1) is 7.64. The van der Waals surface area contributed by atoms with Gasteiger partial charge < -0.3 is 0 Å². The molecule has 0 aliphatic heterocycles. The van der Waals surface area contributed by atoms with Gasteiger partial charge in [0.15, 0.2) is 0 Å². The van der Waals surface area contributed by atoms with Crippen LogP contribution in [-0.2, 0) is 13.9 Å². The highest BCUT2D eigenvalue weighted by Gasteiger charge is 2.01. The van der Waals surface area contributed by atoms with Crippen LogP contribution in [0, 0.1) is 0 Å². The molecule has 8 heavy (non-hydrogen) atoms. The van der Waals surface area contributed by atoms with Gasteiger partial charge in [0.1, 0.15) is 11.0 Å². The summed E-state index contributed by atoms with van der Waals surface area (Å²) in [7, 11) is -4.44. The van der Waals surface area contributed by atoms with E-state index in [4.69, 9.17) is 9.35 Å². The summed E-state index contributed by atoms with van der Waals surface area (Å²) in [6.07, 6.45) is 0.923. The Bertz CT molecular complexity index is 198. The van der Waals surface area contributed by atoms with Crippen molar-refractivity contribution in [1.29, 1.82) is 0 Å². The molecule has 0 bridgehead atoms. The molecule has 7 heteroatoms. The Balaban J connectivity index is 3.94. The number of carbonyl (C=O) groups excluding carboxylic acids is 1. The van der Waals surface area contributed by atoms with E-state index in [1.54, 1.807) is 0 Å². The Morgan fingerprint density at radius 3 is 2.25 bits per heavy atom. The zero-order chi connectivity index (χ0) is 6.62. The Kier molecular flexibility index (Phi) is 2.70. The highest BCUT2D eigenvalue weighted by Crippen LogP contribution is 2.07. The first-order chi connectivity index (χ1) is 3.56. The van der Waals surface area contributed by atoms with Crippen LogP contribution < -0.4 is 0 Å². The van der Waals surface area contributed by atoms with Gasteiger partial charge in [-0.3, -0.25) is 4.55 Å². The van der Waals surface area contributed by atoms with Gasteiger partial charge in [0.05, 0.1) is 0 Å². The van der Waals surface area contributed by atoms with Crippen molar-refractivity contribution in [1.82, 2.24) is 0 Å². The van der Waals surface area contributed by atoms with E-state index in [0.29, 0.717) is 0 Å². The van der Waals surface area contributed by atoms with E-state index in [2.05, 4.69) is 4.40 Å². The highest BCUT2D eigenvalue weighted by atomic mass is 33.2. The minimum absolute atomic E-state index is 0.237. The molecule has 46 valence electrons. The Hall–Kier alpha value is -0.360. The van der Waals surface area contributed by atoms with Gasteiger partial charge in [-0.1, -0.05) is 0 Å². The van der Waals surface area contributed by atoms with Crippen LogP contribution in [0.1, 0.15) is 0 Å². The second kappa shape index (κ2) is 2.83. The van der Waals surface area contributed by atoms with Crippen molar-refractivity contribution in [3.05, 3.63) is 0 Å². The Morgan fingerprint density at radius 2 is 2.12 bits per heavy atom. The molecule has 0 spiro atoms. The van der Waals surface area contributed by atoms with Crippen LogP contribution in [0.25, 0.3) is 0 Å². The largest absolute Gasteiger partial charge is 0.342 e. The molecule has 0 aliphatic carbocycles. The number of hydrogen-bond acceptors (Lipinski definition) is 5. The molecule has 0 amide bonds. The van der Waals surface area contributed by atoms with Gasteiger partial charge in [-0.25, -0.2) is 4.79 Å². The average molecular weight is 155 g/mol. The lowest BCUT2D eigenvalue weighted by atomic mass is 11.7. The quantitative estimate of drug-likeness (QED) is 0.196. The van der Waals surface area contributed by atoms with Gasteiger partial charge in [0.2, 0.25) is 6.08 Å². The number of rotatable bonds is 2. The molecule has 0 aromatic heterocycles. The summed E-state index contributed by atoms with van der Waals surface area (Å²) in [5.74, 6) is 0. The summed E-state index contributed by atoms with van der Waals surface area (Å²) in [5, 5.41) is 0. The van der Waals surface area contributed by atoms with Crippen molar-refractivity contribution in [2.45, 2.75) is 0 Å². The lowest BCUT2D eigenvalue weighted by Crippen LogP contribution is -1.84. The van der Waals surface area contributed by atoms with Crippen LogP contribution in [0.4, 0.5) is 0 Å². The lowest BCUT2D eigenvalue weighted by Gasteiger charge is -1.78. The summed E-state index contributed by atoms with van der Waals surface area (Å²) in [5.41, 5.74) is 0. The summed E-state index contributed by atoms with van der Waals surface area (Å²) >= 11 is 0. The molecule has 0 aromatic rings. The van der Waals surface area contributed by atoms with Gasteiger partial charge in [-0.05, 0) is 0 Å². The molecule has 1 N–H and O–H groups in total. The SMILES string of the molecule is O=C=NSS(=O)(=O)O. The van der Waals surface area contributed by atoms with Crippen LogP contribution in [0.3, 0.4) is 0 Å². The number of hydrogen-bond donors (Lipinski definition) is 1. The monoisotopic (exact) mass is 155 g/mol. The molecule has 0 fully saturated rings. The first-order valence-electron chi connectivity index (χ1n) is 1.29. The van der Waals surface area contributed by atoms with E-state index in [9.17, 15) is 8.42 Å². The molecule has 0 saturated heterocycles. The molecular weight excluding hydrogens is 154 g/mol. The third-order valence-electron chi connectivity index (χ3n) is 0.169. The molecule has 0 aromatic carbocycles. The third-order valence-corrected chi connectivity index (χ3v) is 1.29. The number of isocyanates is 1. The van der Waals surface area contributed by atoms with Crippen molar-refractivity contribution in [2.24, 2.45) is 4.40 Å². The summed E-state index contributed by atoms with van der Waals surface area (Å²) < 4.78 is 29.6. The van der Waals surface area contributed by atoms with Gasteiger partial charge in [0.25, 0.3) is 0 Å². The van der Waals surface area contributed by atoms with Gasteiger partial charge in [-0.2, -0.15) is 8.42 Å². The fraction of sp³-hybridized carbons (Fsp3) is 0. The lowest BCUT2D eigenvalue weighted by molar-refractivity contribution is 0.503. The van der Waals surface area contributed by atoms with Crippen molar-refractivity contribution in [2.75, 3.05) is 0 Å². The normalized spacial score (nSPS) is 10.1. The van der Waals surface area contributed by atoms with E-state index in [1.807, 2.05) is 0 Å². The van der Waals surface area contributed by atoms with E-state index in [0.717, 1.165) is 6.08 Å². The minimum Gasteiger partial charge on any atom is -0.276 e. The van der Waals surface area contributed by atoms with E-state index in [-0.39, 0.29) is 11.0 Å².